The highest BCUT2D eigenvalue weighted by Gasteiger charge is 2.52. The van der Waals surface area contributed by atoms with E-state index in [0.29, 0.717) is 28.7 Å². The Morgan fingerprint density at radius 2 is 1.30 bits per heavy atom. The quantitative estimate of drug-likeness (QED) is 0.366. The second-order valence-electron chi connectivity index (χ2n) is 11.8. The molecule has 7 rings (SSSR count). The van der Waals surface area contributed by atoms with Crippen LogP contribution in [0, 0.1) is 22.7 Å². The molecule has 11 heteroatoms. The first-order valence-electron chi connectivity index (χ1n) is 13.8. The van der Waals surface area contributed by atoms with Crippen molar-refractivity contribution in [2.75, 3.05) is 4.90 Å². The number of anilines is 1. The molecular formula is C29H28Cl2N8S. The Morgan fingerprint density at radius 3 is 1.80 bits per heavy atom. The van der Waals surface area contributed by atoms with Gasteiger partial charge >= 0.3 is 0 Å². The van der Waals surface area contributed by atoms with E-state index in [2.05, 4.69) is 31.9 Å². The Balaban J connectivity index is 1.07. The molecule has 0 aromatic carbocycles. The molecular weight excluding hydrogens is 563 g/mol. The number of nitriles is 2. The molecule has 0 saturated carbocycles. The van der Waals surface area contributed by atoms with E-state index in [4.69, 9.17) is 32.6 Å². The van der Waals surface area contributed by atoms with Crippen molar-refractivity contribution in [2.45, 2.75) is 92.9 Å². The standard InChI is InChI=1S/C29H28Cl2N8S/c30-20-5-18(11-34-13-20)28(16-32)7-22-1-2-23(8-28)38(22)15-26-36-27(40-37-26)39-24-3-4-25(39)10-29(9-24,17-33)19-6-21(31)14-35-12-19/h5-6,11-14,22-25H,1-4,7-10,15H2. The van der Waals surface area contributed by atoms with Gasteiger partial charge in [0, 0.05) is 60.5 Å². The molecule has 204 valence electrons. The summed E-state index contributed by atoms with van der Waals surface area (Å²) in [4.78, 5) is 18.5. The van der Waals surface area contributed by atoms with Gasteiger partial charge in [-0.2, -0.15) is 14.9 Å². The van der Waals surface area contributed by atoms with Crippen LogP contribution in [0.2, 0.25) is 10.0 Å². The fourth-order valence-electron chi connectivity index (χ4n) is 7.87. The molecule has 4 unspecified atom stereocenters. The van der Waals surface area contributed by atoms with Gasteiger partial charge in [-0.05, 0) is 74.6 Å². The van der Waals surface area contributed by atoms with Crippen molar-refractivity contribution in [3.63, 3.8) is 0 Å². The normalized spacial score (nSPS) is 33.0. The maximum absolute atomic E-state index is 10.3. The molecule has 0 aliphatic carbocycles. The number of hydrogen-bond acceptors (Lipinski definition) is 9. The predicted molar refractivity (Wildman–Crippen MR) is 153 cm³/mol. The van der Waals surface area contributed by atoms with Crippen LogP contribution < -0.4 is 4.90 Å². The lowest BCUT2D eigenvalue weighted by Crippen LogP contribution is -2.49. The van der Waals surface area contributed by atoms with Crippen LogP contribution in [0.1, 0.15) is 68.3 Å². The smallest absolute Gasteiger partial charge is 0.205 e. The number of nitrogens with zero attached hydrogens (tertiary/aromatic N) is 8. The van der Waals surface area contributed by atoms with Gasteiger partial charge in [0.1, 0.15) is 0 Å². The molecule has 0 N–H and O–H groups in total. The first kappa shape index (κ1) is 26.1. The molecule has 4 fully saturated rings. The van der Waals surface area contributed by atoms with E-state index < -0.39 is 10.8 Å². The largest absolute Gasteiger partial charge is 0.341 e. The Hall–Kier alpha value is -2.82. The first-order chi connectivity index (χ1) is 19.4. The molecule has 3 aromatic heterocycles. The Kier molecular flexibility index (Phi) is 6.47. The maximum Gasteiger partial charge on any atom is 0.205 e. The van der Waals surface area contributed by atoms with Gasteiger partial charge in [0.05, 0.1) is 39.6 Å². The number of aromatic nitrogens is 4. The van der Waals surface area contributed by atoms with Crippen LogP contribution in [0.15, 0.2) is 36.9 Å². The van der Waals surface area contributed by atoms with Crippen molar-refractivity contribution in [3.05, 3.63) is 63.9 Å². The second kappa shape index (κ2) is 9.92. The summed E-state index contributed by atoms with van der Waals surface area (Å²) in [5.41, 5.74) is 0.710. The number of hydrogen-bond donors (Lipinski definition) is 0. The van der Waals surface area contributed by atoms with E-state index in [1.165, 1.54) is 11.5 Å². The molecule has 3 aromatic rings. The molecule has 4 aliphatic rings. The van der Waals surface area contributed by atoms with Gasteiger partial charge in [-0.1, -0.05) is 23.2 Å². The van der Waals surface area contributed by atoms with Crippen LogP contribution in [-0.2, 0) is 17.4 Å². The summed E-state index contributed by atoms with van der Waals surface area (Å²) in [5.74, 6) is 0.848. The van der Waals surface area contributed by atoms with Crippen molar-refractivity contribution < 1.29 is 0 Å². The zero-order chi connectivity index (χ0) is 27.5. The zero-order valence-corrected chi connectivity index (χ0v) is 24.2. The van der Waals surface area contributed by atoms with Gasteiger partial charge < -0.3 is 4.90 Å². The average molecular weight is 592 g/mol. The van der Waals surface area contributed by atoms with E-state index in [1.807, 2.05) is 12.1 Å². The minimum Gasteiger partial charge on any atom is -0.341 e. The summed E-state index contributed by atoms with van der Waals surface area (Å²) in [5, 5.41) is 22.7. The summed E-state index contributed by atoms with van der Waals surface area (Å²) in [6, 6.07) is 10.2. The van der Waals surface area contributed by atoms with Crippen LogP contribution in [0.25, 0.3) is 0 Å². The van der Waals surface area contributed by atoms with Crippen molar-refractivity contribution >= 4 is 39.9 Å². The molecule has 0 amide bonds. The highest BCUT2D eigenvalue weighted by atomic mass is 35.5. The van der Waals surface area contributed by atoms with Crippen molar-refractivity contribution in [2.24, 2.45) is 0 Å². The summed E-state index contributed by atoms with van der Waals surface area (Å²) < 4.78 is 4.79. The number of halogens is 2. The lowest BCUT2D eigenvalue weighted by Gasteiger charge is -2.43. The summed E-state index contributed by atoms with van der Waals surface area (Å²) in [6.07, 6.45) is 14.1. The first-order valence-corrected chi connectivity index (χ1v) is 15.4. The van der Waals surface area contributed by atoms with E-state index in [0.717, 1.165) is 73.4 Å². The minimum atomic E-state index is -0.577. The number of piperidine rings is 2. The van der Waals surface area contributed by atoms with Gasteiger partial charge in [-0.25, -0.2) is 4.98 Å². The second-order valence-corrected chi connectivity index (χ2v) is 13.4. The third-order valence-electron chi connectivity index (χ3n) is 9.67. The lowest BCUT2D eigenvalue weighted by atomic mass is 9.71. The number of rotatable bonds is 5. The Bertz CT molecular complexity index is 1500. The average Bonchev–Trinajstić information content (AvgIpc) is 3.60. The third kappa shape index (κ3) is 4.26. The summed E-state index contributed by atoms with van der Waals surface area (Å²) in [7, 11) is 0. The molecule has 40 heavy (non-hydrogen) atoms. The zero-order valence-electron chi connectivity index (χ0n) is 21.9. The number of pyridine rings is 2. The van der Waals surface area contributed by atoms with E-state index in [-0.39, 0.29) is 12.1 Å². The van der Waals surface area contributed by atoms with Crippen molar-refractivity contribution in [1.29, 1.82) is 10.5 Å². The van der Waals surface area contributed by atoms with Crippen LogP contribution in [0.5, 0.6) is 0 Å². The molecule has 4 atom stereocenters. The molecule has 0 radical (unpaired) electrons. The summed E-state index contributed by atoms with van der Waals surface area (Å²) >= 11 is 13.9. The fraction of sp³-hybridized carbons (Fsp3) is 0.517. The molecule has 4 bridgehead atoms. The lowest BCUT2D eigenvalue weighted by molar-refractivity contribution is 0.0949. The topological polar surface area (TPSA) is 106 Å². The summed E-state index contributed by atoms with van der Waals surface area (Å²) in [6.45, 7) is 0.695. The fourth-order valence-corrected chi connectivity index (χ4v) is 9.04. The van der Waals surface area contributed by atoms with Gasteiger partial charge in [0.15, 0.2) is 5.82 Å². The highest BCUT2D eigenvalue weighted by Crippen LogP contribution is 2.50. The van der Waals surface area contributed by atoms with Crippen LogP contribution >= 0.6 is 34.7 Å². The van der Waals surface area contributed by atoms with E-state index >= 15 is 0 Å². The van der Waals surface area contributed by atoms with Crippen LogP contribution in [0.3, 0.4) is 0 Å². The van der Waals surface area contributed by atoms with Crippen molar-refractivity contribution in [1.82, 2.24) is 24.2 Å². The Morgan fingerprint density at radius 1 is 0.800 bits per heavy atom. The molecule has 4 aliphatic heterocycles. The van der Waals surface area contributed by atoms with Crippen molar-refractivity contribution in [3.8, 4) is 12.1 Å². The molecule has 8 nitrogen and oxygen atoms in total. The highest BCUT2D eigenvalue weighted by molar-refractivity contribution is 7.09. The monoisotopic (exact) mass is 590 g/mol. The third-order valence-corrected chi connectivity index (χ3v) is 10.9. The van der Waals surface area contributed by atoms with Gasteiger partial charge in [-0.3, -0.25) is 14.9 Å². The van der Waals surface area contributed by atoms with Crippen LogP contribution in [0.4, 0.5) is 5.13 Å². The number of fused-ring (bicyclic) bond motifs is 4. The SMILES string of the molecule is N#CC1(c2cncc(Cl)c2)CC2CCC(C1)N2Cc1nsc(N2C3CCC2CC(C#N)(c2cncc(Cl)c2)C3)n1. The molecule has 7 heterocycles. The molecule has 0 spiro atoms. The minimum absolute atomic E-state index is 0.242. The Labute approximate surface area is 247 Å². The van der Waals surface area contributed by atoms with E-state index in [9.17, 15) is 10.5 Å². The van der Waals surface area contributed by atoms with E-state index in [1.54, 1.807) is 24.8 Å². The maximum atomic E-state index is 10.3. The predicted octanol–water partition coefficient (Wildman–Crippen LogP) is 5.82. The van der Waals surface area contributed by atoms with Gasteiger partial charge in [-0.15, -0.1) is 0 Å². The van der Waals surface area contributed by atoms with Crippen LogP contribution in [-0.4, -0.2) is 48.4 Å². The molecule has 4 saturated heterocycles. The van der Waals surface area contributed by atoms with Gasteiger partial charge in [0.25, 0.3) is 0 Å². The van der Waals surface area contributed by atoms with Gasteiger partial charge in [0.2, 0.25) is 5.13 Å².